The lowest BCUT2D eigenvalue weighted by Gasteiger charge is -2.12. The van der Waals surface area contributed by atoms with Crippen molar-refractivity contribution in [3.8, 4) is 0 Å². The van der Waals surface area contributed by atoms with Gasteiger partial charge in [-0.1, -0.05) is 46.0 Å². The Hall–Kier alpha value is -0.160. The van der Waals surface area contributed by atoms with Crippen LogP contribution in [-0.2, 0) is 0 Å². The van der Waals surface area contributed by atoms with Crippen LogP contribution in [0.3, 0.4) is 0 Å². The van der Waals surface area contributed by atoms with Gasteiger partial charge in [-0.05, 0) is 26.7 Å². The SMILES string of the molecule is CCCCC(O)C(C)O.CCCCCC(O)C(C)O. The van der Waals surface area contributed by atoms with Crippen molar-refractivity contribution >= 4 is 0 Å². The summed E-state index contributed by atoms with van der Waals surface area (Å²) in [6, 6.07) is 0. The molecule has 0 aromatic rings. The predicted molar refractivity (Wildman–Crippen MR) is 79.0 cm³/mol. The van der Waals surface area contributed by atoms with E-state index in [2.05, 4.69) is 13.8 Å². The zero-order valence-electron chi connectivity index (χ0n) is 13.0. The van der Waals surface area contributed by atoms with Crippen LogP contribution >= 0.6 is 0 Å². The lowest BCUT2D eigenvalue weighted by molar-refractivity contribution is 0.0247. The van der Waals surface area contributed by atoms with Gasteiger partial charge in [-0.2, -0.15) is 0 Å². The third-order valence-corrected chi connectivity index (χ3v) is 3.07. The van der Waals surface area contributed by atoms with E-state index in [1.807, 2.05) is 0 Å². The molecule has 0 saturated carbocycles. The molecule has 118 valence electrons. The van der Waals surface area contributed by atoms with E-state index in [1.165, 1.54) is 0 Å². The average Bonchev–Trinajstić information content (AvgIpc) is 2.36. The monoisotopic (exact) mass is 278 g/mol. The summed E-state index contributed by atoms with van der Waals surface area (Å²) in [7, 11) is 0. The molecule has 0 aromatic heterocycles. The Kier molecular flexibility index (Phi) is 15.9. The molecule has 0 aliphatic heterocycles. The van der Waals surface area contributed by atoms with Crippen LogP contribution in [0.15, 0.2) is 0 Å². The second kappa shape index (κ2) is 14.3. The minimum Gasteiger partial charge on any atom is -0.391 e. The van der Waals surface area contributed by atoms with Crippen LogP contribution in [-0.4, -0.2) is 44.8 Å². The van der Waals surface area contributed by atoms with Crippen molar-refractivity contribution in [2.24, 2.45) is 0 Å². The van der Waals surface area contributed by atoms with Gasteiger partial charge in [0.2, 0.25) is 0 Å². The molecular formula is C15H34O4. The fourth-order valence-electron chi connectivity index (χ4n) is 1.50. The molecule has 0 aliphatic carbocycles. The van der Waals surface area contributed by atoms with Gasteiger partial charge in [0.25, 0.3) is 0 Å². The maximum Gasteiger partial charge on any atom is 0.0796 e. The van der Waals surface area contributed by atoms with Crippen LogP contribution < -0.4 is 0 Å². The fourth-order valence-corrected chi connectivity index (χ4v) is 1.50. The van der Waals surface area contributed by atoms with Gasteiger partial charge < -0.3 is 20.4 Å². The van der Waals surface area contributed by atoms with Gasteiger partial charge in [0, 0.05) is 0 Å². The Morgan fingerprint density at radius 2 is 1.00 bits per heavy atom. The topological polar surface area (TPSA) is 80.9 Å². The minimum absolute atomic E-state index is 0.522. The summed E-state index contributed by atoms with van der Waals surface area (Å²) in [4.78, 5) is 0. The highest BCUT2D eigenvalue weighted by Crippen LogP contribution is 2.05. The largest absolute Gasteiger partial charge is 0.391 e. The number of aliphatic hydroxyl groups is 4. The van der Waals surface area contributed by atoms with Gasteiger partial charge in [0.05, 0.1) is 24.4 Å². The molecule has 0 rings (SSSR count). The molecule has 4 atom stereocenters. The molecule has 0 aliphatic rings. The first-order valence-electron chi connectivity index (χ1n) is 7.58. The standard InChI is InChI=1S/C8H18O2.C7H16O2/c1-3-4-5-6-8(10)7(2)9;1-3-4-5-7(9)6(2)8/h7-10H,3-6H2,1-2H3;6-9H,3-5H2,1-2H3. The Morgan fingerprint density at radius 3 is 1.32 bits per heavy atom. The summed E-state index contributed by atoms with van der Waals surface area (Å²) in [6.45, 7) is 7.42. The molecular weight excluding hydrogens is 244 g/mol. The van der Waals surface area contributed by atoms with E-state index in [-0.39, 0.29) is 0 Å². The highest BCUT2D eigenvalue weighted by molar-refractivity contribution is 4.61. The molecule has 4 N–H and O–H groups in total. The van der Waals surface area contributed by atoms with Crippen LogP contribution in [0.5, 0.6) is 0 Å². The van der Waals surface area contributed by atoms with E-state index >= 15 is 0 Å². The normalized spacial score (nSPS) is 17.1. The first kappa shape index (κ1) is 21.1. The summed E-state index contributed by atoms with van der Waals surface area (Å²) >= 11 is 0. The fraction of sp³-hybridized carbons (Fsp3) is 1.00. The second-order valence-electron chi connectivity index (χ2n) is 5.25. The molecule has 0 amide bonds. The average molecular weight is 278 g/mol. The number of aliphatic hydroxyl groups excluding tert-OH is 4. The maximum atomic E-state index is 9.10. The van der Waals surface area contributed by atoms with Gasteiger partial charge in [-0.25, -0.2) is 0 Å². The van der Waals surface area contributed by atoms with Gasteiger partial charge >= 0.3 is 0 Å². The summed E-state index contributed by atoms with van der Waals surface area (Å²) in [5.74, 6) is 0. The molecule has 0 radical (unpaired) electrons. The number of hydrogen-bond acceptors (Lipinski definition) is 4. The van der Waals surface area contributed by atoms with Crippen LogP contribution in [0.2, 0.25) is 0 Å². The summed E-state index contributed by atoms with van der Waals surface area (Å²) in [6.07, 6.45) is 4.64. The highest BCUT2D eigenvalue weighted by Gasteiger charge is 2.09. The molecule has 4 heteroatoms. The van der Waals surface area contributed by atoms with Gasteiger partial charge in [0.1, 0.15) is 0 Å². The Morgan fingerprint density at radius 1 is 0.632 bits per heavy atom. The van der Waals surface area contributed by atoms with Crippen molar-refractivity contribution in [1.82, 2.24) is 0 Å². The molecule has 0 fully saturated rings. The Labute approximate surface area is 118 Å². The Balaban J connectivity index is 0. The van der Waals surface area contributed by atoms with E-state index < -0.39 is 24.4 Å². The van der Waals surface area contributed by atoms with Crippen LogP contribution in [0.25, 0.3) is 0 Å². The second-order valence-corrected chi connectivity index (χ2v) is 5.25. The number of unbranched alkanes of at least 4 members (excludes halogenated alkanes) is 3. The lowest BCUT2D eigenvalue weighted by Crippen LogP contribution is -2.21. The zero-order chi connectivity index (χ0) is 15.3. The third-order valence-electron chi connectivity index (χ3n) is 3.07. The lowest BCUT2D eigenvalue weighted by atomic mass is 10.1. The quantitative estimate of drug-likeness (QED) is 0.488. The zero-order valence-corrected chi connectivity index (χ0v) is 13.0. The Bertz CT molecular complexity index is 172. The predicted octanol–water partition coefficient (Wildman–Crippen LogP) is 2.23. The van der Waals surface area contributed by atoms with E-state index in [0.29, 0.717) is 6.42 Å². The molecule has 19 heavy (non-hydrogen) atoms. The van der Waals surface area contributed by atoms with Crippen molar-refractivity contribution < 1.29 is 20.4 Å². The highest BCUT2D eigenvalue weighted by atomic mass is 16.3. The number of hydrogen-bond donors (Lipinski definition) is 4. The number of rotatable bonds is 9. The molecule has 0 aromatic carbocycles. The first-order chi connectivity index (χ1) is 8.86. The van der Waals surface area contributed by atoms with E-state index in [1.54, 1.807) is 13.8 Å². The van der Waals surface area contributed by atoms with Crippen molar-refractivity contribution in [2.45, 2.75) is 97.1 Å². The van der Waals surface area contributed by atoms with Crippen molar-refractivity contribution in [3.63, 3.8) is 0 Å². The van der Waals surface area contributed by atoms with Crippen LogP contribution in [0.4, 0.5) is 0 Å². The molecule has 4 nitrogen and oxygen atoms in total. The van der Waals surface area contributed by atoms with Crippen molar-refractivity contribution in [1.29, 1.82) is 0 Å². The summed E-state index contributed by atoms with van der Waals surface area (Å²) < 4.78 is 0. The van der Waals surface area contributed by atoms with E-state index in [9.17, 15) is 0 Å². The molecule has 0 heterocycles. The first-order valence-corrected chi connectivity index (χ1v) is 7.58. The minimum atomic E-state index is -0.573. The summed E-state index contributed by atoms with van der Waals surface area (Å²) in [5.41, 5.74) is 0. The van der Waals surface area contributed by atoms with Crippen molar-refractivity contribution in [2.75, 3.05) is 0 Å². The molecule has 0 spiro atoms. The van der Waals surface area contributed by atoms with Crippen LogP contribution in [0, 0.1) is 0 Å². The maximum absolute atomic E-state index is 9.10. The van der Waals surface area contributed by atoms with E-state index in [0.717, 1.165) is 38.5 Å². The third kappa shape index (κ3) is 15.8. The van der Waals surface area contributed by atoms with E-state index in [4.69, 9.17) is 20.4 Å². The molecule has 0 bridgehead atoms. The summed E-state index contributed by atoms with van der Waals surface area (Å²) in [5, 5.41) is 35.8. The van der Waals surface area contributed by atoms with Gasteiger partial charge in [-0.3, -0.25) is 0 Å². The van der Waals surface area contributed by atoms with Gasteiger partial charge in [-0.15, -0.1) is 0 Å². The smallest absolute Gasteiger partial charge is 0.0796 e. The van der Waals surface area contributed by atoms with Gasteiger partial charge in [0.15, 0.2) is 0 Å². The van der Waals surface area contributed by atoms with Crippen molar-refractivity contribution in [3.05, 3.63) is 0 Å². The molecule has 4 unspecified atom stereocenters. The van der Waals surface area contributed by atoms with Crippen LogP contribution in [0.1, 0.15) is 72.6 Å². The molecule has 0 saturated heterocycles.